The van der Waals surface area contributed by atoms with Crippen molar-refractivity contribution in [3.05, 3.63) is 47.2 Å². The molecule has 8 heteroatoms. The van der Waals surface area contributed by atoms with Crippen LogP contribution in [0.4, 0.5) is 4.79 Å². The van der Waals surface area contributed by atoms with Crippen LogP contribution in [0, 0.1) is 0 Å². The Morgan fingerprint density at radius 2 is 2.00 bits per heavy atom. The van der Waals surface area contributed by atoms with Crippen LogP contribution in [0.15, 0.2) is 40.8 Å². The van der Waals surface area contributed by atoms with Crippen molar-refractivity contribution in [2.45, 2.75) is 19.0 Å². The number of nitrogens with one attached hydrogen (secondary N) is 1. The molecule has 136 valence electrons. The third-order valence-corrected chi connectivity index (χ3v) is 4.52. The zero-order chi connectivity index (χ0) is 18.8. The molecule has 7 nitrogen and oxygen atoms in total. The summed E-state index contributed by atoms with van der Waals surface area (Å²) in [7, 11) is 2.91. The van der Waals surface area contributed by atoms with E-state index in [9.17, 15) is 14.4 Å². The first-order valence-electron chi connectivity index (χ1n) is 8.02. The van der Waals surface area contributed by atoms with Crippen molar-refractivity contribution < 1.29 is 18.8 Å². The number of carbonyl (C=O) groups is 3. The fraction of sp³-hybridized carbons (Fsp3) is 0.278. The SMILES string of the molecule is CN1C(=O)[C@@H](CC(=O)NCc2ccc(-c3cccc(Cl)c3)o2)N(C)C1=O. The molecular weight excluding hydrogens is 358 g/mol. The van der Waals surface area contributed by atoms with Gasteiger partial charge >= 0.3 is 6.03 Å². The summed E-state index contributed by atoms with van der Waals surface area (Å²) in [5, 5.41) is 3.32. The van der Waals surface area contributed by atoms with E-state index in [1.165, 1.54) is 19.0 Å². The van der Waals surface area contributed by atoms with Gasteiger partial charge in [-0.3, -0.25) is 14.5 Å². The molecule has 1 atom stereocenters. The van der Waals surface area contributed by atoms with Gasteiger partial charge in [-0.05, 0) is 24.3 Å². The lowest BCUT2D eigenvalue weighted by Crippen LogP contribution is -2.37. The summed E-state index contributed by atoms with van der Waals surface area (Å²) in [5.41, 5.74) is 0.842. The van der Waals surface area contributed by atoms with Crippen LogP contribution in [-0.2, 0) is 16.1 Å². The third-order valence-electron chi connectivity index (χ3n) is 4.28. The number of nitrogens with zero attached hydrogens (tertiary/aromatic N) is 2. The minimum atomic E-state index is -0.772. The Hall–Kier alpha value is -2.80. The number of imide groups is 1. The number of benzene rings is 1. The zero-order valence-electron chi connectivity index (χ0n) is 14.4. The third kappa shape index (κ3) is 3.57. The Bertz CT molecular complexity index is 864. The van der Waals surface area contributed by atoms with E-state index < -0.39 is 12.1 Å². The van der Waals surface area contributed by atoms with Crippen LogP contribution in [0.2, 0.25) is 5.02 Å². The van der Waals surface area contributed by atoms with Gasteiger partial charge in [0.2, 0.25) is 5.91 Å². The lowest BCUT2D eigenvalue weighted by Gasteiger charge is -2.15. The number of likely N-dealkylation sites (N-methyl/N-ethyl adjacent to an activating group) is 2. The van der Waals surface area contributed by atoms with Gasteiger partial charge in [0.15, 0.2) is 0 Å². The second-order valence-corrected chi connectivity index (χ2v) is 6.50. The standard InChI is InChI=1S/C18H18ClN3O4/c1-21-14(17(24)22(2)18(21)25)9-16(23)20-10-13-6-7-15(26-13)11-4-3-5-12(19)8-11/h3-8,14H,9-10H2,1-2H3,(H,20,23)/t14-/m1/s1. The first kappa shape index (κ1) is 18.0. The van der Waals surface area contributed by atoms with Crippen LogP contribution in [0.3, 0.4) is 0 Å². The molecule has 1 aromatic carbocycles. The average molecular weight is 376 g/mol. The van der Waals surface area contributed by atoms with Gasteiger partial charge in [0.25, 0.3) is 5.91 Å². The Morgan fingerprint density at radius 1 is 1.23 bits per heavy atom. The summed E-state index contributed by atoms with van der Waals surface area (Å²) in [6, 6.07) is 9.65. The van der Waals surface area contributed by atoms with Crippen molar-refractivity contribution >= 4 is 29.4 Å². The molecule has 2 aromatic rings. The molecule has 1 aromatic heterocycles. The molecule has 0 bridgehead atoms. The topological polar surface area (TPSA) is 82.9 Å². The predicted octanol–water partition coefficient (Wildman–Crippen LogP) is 2.50. The van der Waals surface area contributed by atoms with Gasteiger partial charge in [-0.15, -0.1) is 0 Å². The molecule has 1 fully saturated rings. The lowest BCUT2D eigenvalue weighted by atomic mass is 10.2. The lowest BCUT2D eigenvalue weighted by molar-refractivity contribution is -0.131. The van der Waals surface area contributed by atoms with E-state index in [1.807, 2.05) is 12.1 Å². The van der Waals surface area contributed by atoms with Gasteiger partial charge in [0, 0.05) is 24.7 Å². The molecule has 0 radical (unpaired) electrons. The Kier molecular flexibility index (Phi) is 4.99. The van der Waals surface area contributed by atoms with Crippen molar-refractivity contribution in [3.8, 4) is 11.3 Å². The van der Waals surface area contributed by atoms with Crippen LogP contribution in [0.25, 0.3) is 11.3 Å². The summed E-state index contributed by atoms with van der Waals surface area (Å²) in [4.78, 5) is 38.1. The molecule has 3 rings (SSSR count). The summed E-state index contributed by atoms with van der Waals surface area (Å²) in [6.45, 7) is 0.188. The number of hydrogen-bond acceptors (Lipinski definition) is 4. The second-order valence-electron chi connectivity index (χ2n) is 6.06. The van der Waals surface area contributed by atoms with Gasteiger partial charge in [0.1, 0.15) is 17.6 Å². The molecule has 0 spiro atoms. The number of halogens is 1. The first-order valence-corrected chi connectivity index (χ1v) is 8.40. The van der Waals surface area contributed by atoms with Gasteiger partial charge in [-0.1, -0.05) is 23.7 Å². The quantitative estimate of drug-likeness (QED) is 0.814. The molecule has 0 saturated carbocycles. The van der Waals surface area contributed by atoms with Crippen LogP contribution in [-0.4, -0.2) is 47.8 Å². The number of amides is 4. The van der Waals surface area contributed by atoms with Crippen molar-refractivity contribution in [3.63, 3.8) is 0 Å². The largest absolute Gasteiger partial charge is 0.459 e. The molecule has 1 saturated heterocycles. The number of carbonyl (C=O) groups excluding carboxylic acids is 3. The normalized spacial score (nSPS) is 17.1. The van der Waals surface area contributed by atoms with E-state index in [1.54, 1.807) is 24.3 Å². The van der Waals surface area contributed by atoms with Crippen molar-refractivity contribution in [1.82, 2.24) is 15.1 Å². The number of urea groups is 1. The monoisotopic (exact) mass is 375 g/mol. The smallest absolute Gasteiger partial charge is 0.326 e. The van der Waals surface area contributed by atoms with Gasteiger partial charge < -0.3 is 14.6 Å². The molecule has 4 amide bonds. The zero-order valence-corrected chi connectivity index (χ0v) is 15.1. The fourth-order valence-electron chi connectivity index (χ4n) is 2.78. The van der Waals surface area contributed by atoms with Gasteiger partial charge in [-0.25, -0.2) is 4.79 Å². The van der Waals surface area contributed by atoms with Gasteiger partial charge in [0.05, 0.1) is 13.0 Å². The maximum atomic E-state index is 12.1. The highest BCUT2D eigenvalue weighted by Crippen LogP contribution is 2.24. The minimum absolute atomic E-state index is 0.0900. The fourth-order valence-corrected chi connectivity index (χ4v) is 2.97. The number of furan rings is 1. The van der Waals surface area contributed by atoms with E-state index in [4.69, 9.17) is 16.0 Å². The molecule has 0 unspecified atom stereocenters. The van der Waals surface area contributed by atoms with E-state index in [0.29, 0.717) is 16.5 Å². The van der Waals surface area contributed by atoms with Gasteiger partial charge in [-0.2, -0.15) is 0 Å². The van der Waals surface area contributed by atoms with Crippen LogP contribution >= 0.6 is 11.6 Å². The molecule has 1 N–H and O–H groups in total. The first-order chi connectivity index (χ1) is 12.4. The average Bonchev–Trinajstić information content (AvgIpc) is 3.16. The summed E-state index contributed by atoms with van der Waals surface area (Å²) >= 11 is 5.97. The number of hydrogen-bond donors (Lipinski definition) is 1. The molecule has 0 aliphatic carbocycles. The minimum Gasteiger partial charge on any atom is -0.459 e. The highest BCUT2D eigenvalue weighted by molar-refractivity contribution is 6.30. The highest BCUT2D eigenvalue weighted by atomic mass is 35.5. The van der Waals surface area contributed by atoms with E-state index >= 15 is 0 Å². The summed E-state index contributed by atoms with van der Waals surface area (Å²) in [5.74, 6) is 0.509. The van der Waals surface area contributed by atoms with Crippen LogP contribution in [0.5, 0.6) is 0 Å². The molecule has 1 aliphatic heterocycles. The van der Waals surface area contributed by atoms with E-state index in [-0.39, 0.29) is 24.8 Å². The second kappa shape index (κ2) is 7.21. The summed E-state index contributed by atoms with van der Waals surface area (Å²) in [6.07, 6.45) is -0.0900. The summed E-state index contributed by atoms with van der Waals surface area (Å²) < 4.78 is 5.71. The highest BCUT2D eigenvalue weighted by Gasteiger charge is 2.41. The van der Waals surface area contributed by atoms with E-state index in [2.05, 4.69) is 5.32 Å². The Balaban J connectivity index is 1.57. The van der Waals surface area contributed by atoms with Crippen molar-refractivity contribution in [1.29, 1.82) is 0 Å². The van der Waals surface area contributed by atoms with Crippen LogP contribution < -0.4 is 5.32 Å². The van der Waals surface area contributed by atoms with E-state index in [0.717, 1.165) is 10.5 Å². The molecule has 26 heavy (non-hydrogen) atoms. The predicted molar refractivity (Wildman–Crippen MR) is 95.3 cm³/mol. The Labute approximate surface area is 155 Å². The molecule has 1 aliphatic rings. The maximum absolute atomic E-state index is 12.1. The Morgan fingerprint density at radius 3 is 2.65 bits per heavy atom. The molecular formula is C18H18ClN3O4. The van der Waals surface area contributed by atoms with Crippen LogP contribution in [0.1, 0.15) is 12.2 Å². The molecule has 2 heterocycles. The maximum Gasteiger partial charge on any atom is 0.326 e. The van der Waals surface area contributed by atoms with Crippen molar-refractivity contribution in [2.24, 2.45) is 0 Å². The number of rotatable bonds is 5. The van der Waals surface area contributed by atoms with Crippen molar-refractivity contribution in [2.75, 3.05) is 14.1 Å².